The van der Waals surface area contributed by atoms with Gasteiger partial charge in [-0.05, 0) is 38.6 Å². The molecule has 1 aliphatic heterocycles. The van der Waals surface area contributed by atoms with Crippen molar-refractivity contribution in [2.75, 3.05) is 6.54 Å². The van der Waals surface area contributed by atoms with Crippen molar-refractivity contribution in [2.45, 2.75) is 70.4 Å². The van der Waals surface area contributed by atoms with Gasteiger partial charge in [-0.25, -0.2) is 0 Å². The van der Waals surface area contributed by atoms with Crippen LogP contribution < -0.4 is 10.6 Å². The molecule has 106 valence electrons. The second-order valence-corrected chi connectivity index (χ2v) is 5.83. The van der Waals surface area contributed by atoms with Crippen molar-refractivity contribution in [3.8, 4) is 0 Å². The maximum Gasteiger partial charge on any atom is 0.220 e. The molecule has 2 fully saturated rings. The van der Waals surface area contributed by atoms with Gasteiger partial charge in [0.1, 0.15) is 0 Å². The zero-order chi connectivity index (χ0) is 12.1. The van der Waals surface area contributed by atoms with Crippen molar-refractivity contribution in [1.29, 1.82) is 0 Å². The maximum absolute atomic E-state index is 11.8. The molecule has 2 aliphatic rings. The van der Waals surface area contributed by atoms with Gasteiger partial charge in [0, 0.05) is 18.5 Å². The predicted octanol–water partition coefficient (Wildman–Crippen LogP) is 2.64. The van der Waals surface area contributed by atoms with Crippen LogP contribution in [0.25, 0.3) is 0 Å². The zero-order valence-electron chi connectivity index (χ0n) is 11.4. The Morgan fingerprint density at radius 1 is 1.28 bits per heavy atom. The van der Waals surface area contributed by atoms with E-state index in [9.17, 15) is 4.79 Å². The van der Waals surface area contributed by atoms with E-state index >= 15 is 0 Å². The molecule has 2 rings (SSSR count). The van der Waals surface area contributed by atoms with Crippen molar-refractivity contribution in [1.82, 2.24) is 10.6 Å². The summed E-state index contributed by atoms with van der Waals surface area (Å²) in [5.41, 5.74) is 0. The molecule has 1 amide bonds. The Balaban J connectivity index is 0.00000162. The molecular formula is C14H27ClN2O. The molecular weight excluding hydrogens is 248 g/mol. The number of hydrogen-bond acceptors (Lipinski definition) is 2. The van der Waals surface area contributed by atoms with Crippen LogP contribution in [0.15, 0.2) is 0 Å². The Labute approximate surface area is 117 Å². The first-order valence-electron chi connectivity index (χ1n) is 7.27. The highest BCUT2D eigenvalue weighted by molar-refractivity contribution is 5.85. The number of rotatable bonds is 4. The Kier molecular flexibility index (Phi) is 7.02. The van der Waals surface area contributed by atoms with Crippen LogP contribution in [-0.2, 0) is 4.79 Å². The fourth-order valence-electron chi connectivity index (χ4n) is 3.20. The molecule has 0 aromatic carbocycles. The molecule has 2 unspecified atom stereocenters. The van der Waals surface area contributed by atoms with E-state index in [0.717, 1.165) is 38.1 Å². The number of nitrogens with one attached hydrogen (secondary N) is 2. The third-order valence-electron chi connectivity index (χ3n) is 4.24. The van der Waals surface area contributed by atoms with Crippen molar-refractivity contribution in [2.24, 2.45) is 5.92 Å². The molecule has 0 radical (unpaired) electrons. The van der Waals surface area contributed by atoms with Gasteiger partial charge in [-0.1, -0.05) is 25.7 Å². The van der Waals surface area contributed by atoms with E-state index in [2.05, 4.69) is 17.6 Å². The van der Waals surface area contributed by atoms with Crippen LogP contribution in [0.3, 0.4) is 0 Å². The minimum atomic E-state index is 0. The van der Waals surface area contributed by atoms with Crippen LogP contribution >= 0.6 is 12.4 Å². The van der Waals surface area contributed by atoms with E-state index in [0.29, 0.717) is 12.1 Å². The molecule has 18 heavy (non-hydrogen) atoms. The predicted molar refractivity (Wildman–Crippen MR) is 77.1 cm³/mol. The summed E-state index contributed by atoms with van der Waals surface area (Å²) in [6.07, 6.45) is 9.44. The van der Waals surface area contributed by atoms with E-state index in [-0.39, 0.29) is 18.3 Å². The van der Waals surface area contributed by atoms with Crippen LogP contribution in [0.1, 0.15) is 58.3 Å². The van der Waals surface area contributed by atoms with E-state index in [1.165, 1.54) is 25.7 Å². The number of halogens is 1. The number of hydrogen-bond donors (Lipinski definition) is 2. The number of carbonyl (C=O) groups is 1. The Hall–Kier alpha value is -0.280. The maximum atomic E-state index is 11.8. The molecule has 0 aromatic heterocycles. The van der Waals surface area contributed by atoms with Gasteiger partial charge in [0.25, 0.3) is 0 Å². The van der Waals surface area contributed by atoms with Crippen LogP contribution in [0.4, 0.5) is 0 Å². The average Bonchev–Trinajstić information content (AvgIpc) is 2.79. The standard InChI is InChI=1S/C14H26N2O.ClH/c1-11-10-13(8-9-15-11)16-14(17)7-6-12-4-2-3-5-12;/h11-13,15H,2-10H2,1H3,(H,16,17);1H. The quantitative estimate of drug-likeness (QED) is 0.828. The lowest BCUT2D eigenvalue weighted by atomic mass is 9.99. The molecule has 1 saturated carbocycles. The van der Waals surface area contributed by atoms with Crippen LogP contribution in [0.5, 0.6) is 0 Å². The van der Waals surface area contributed by atoms with Gasteiger partial charge in [-0.3, -0.25) is 4.79 Å². The molecule has 3 nitrogen and oxygen atoms in total. The molecule has 0 bridgehead atoms. The molecule has 0 aromatic rings. The van der Waals surface area contributed by atoms with Gasteiger partial charge in [-0.2, -0.15) is 0 Å². The molecule has 2 atom stereocenters. The fourth-order valence-corrected chi connectivity index (χ4v) is 3.20. The van der Waals surface area contributed by atoms with Crippen LogP contribution in [-0.4, -0.2) is 24.5 Å². The fraction of sp³-hybridized carbons (Fsp3) is 0.929. The summed E-state index contributed by atoms with van der Waals surface area (Å²) in [7, 11) is 0. The summed E-state index contributed by atoms with van der Waals surface area (Å²) in [4.78, 5) is 11.8. The van der Waals surface area contributed by atoms with Gasteiger partial charge in [0.05, 0.1) is 0 Å². The Morgan fingerprint density at radius 2 is 2.00 bits per heavy atom. The number of piperidine rings is 1. The van der Waals surface area contributed by atoms with Gasteiger partial charge in [-0.15, -0.1) is 12.4 Å². The van der Waals surface area contributed by atoms with Crippen LogP contribution in [0.2, 0.25) is 0 Å². The minimum Gasteiger partial charge on any atom is -0.353 e. The normalized spacial score (nSPS) is 28.7. The van der Waals surface area contributed by atoms with Gasteiger partial charge in [0.2, 0.25) is 5.91 Å². The van der Waals surface area contributed by atoms with Crippen molar-refractivity contribution < 1.29 is 4.79 Å². The highest BCUT2D eigenvalue weighted by Gasteiger charge is 2.21. The Bertz CT molecular complexity index is 254. The molecule has 2 N–H and O–H groups in total. The monoisotopic (exact) mass is 274 g/mol. The third kappa shape index (κ3) is 5.15. The number of amides is 1. The summed E-state index contributed by atoms with van der Waals surface area (Å²) >= 11 is 0. The van der Waals surface area contributed by atoms with Crippen molar-refractivity contribution >= 4 is 18.3 Å². The zero-order valence-corrected chi connectivity index (χ0v) is 12.2. The lowest BCUT2D eigenvalue weighted by molar-refractivity contribution is -0.122. The SMILES string of the molecule is CC1CC(NC(=O)CCC2CCCC2)CCN1.Cl. The van der Waals surface area contributed by atoms with Gasteiger partial charge in [0.15, 0.2) is 0 Å². The van der Waals surface area contributed by atoms with Gasteiger partial charge >= 0.3 is 0 Å². The smallest absolute Gasteiger partial charge is 0.220 e. The molecule has 1 saturated heterocycles. The van der Waals surface area contributed by atoms with Crippen molar-refractivity contribution in [3.05, 3.63) is 0 Å². The molecule has 1 aliphatic carbocycles. The Morgan fingerprint density at radius 3 is 2.67 bits per heavy atom. The molecule has 1 heterocycles. The van der Waals surface area contributed by atoms with E-state index in [1.807, 2.05) is 0 Å². The lowest BCUT2D eigenvalue weighted by Gasteiger charge is -2.28. The molecule has 4 heteroatoms. The van der Waals surface area contributed by atoms with Gasteiger partial charge < -0.3 is 10.6 Å². The summed E-state index contributed by atoms with van der Waals surface area (Å²) in [5, 5.41) is 6.60. The largest absolute Gasteiger partial charge is 0.353 e. The van der Waals surface area contributed by atoms with E-state index in [4.69, 9.17) is 0 Å². The topological polar surface area (TPSA) is 41.1 Å². The highest BCUT2D eigenvalue weighted by atomic mass is 35.5. The highest BCUT2D eigenvalue weighted by Crippen LogP contribution is 2.28. The van der Waals surface area contributed by atoms with E-state index in [1.54, 1.807) is 0 Å². The first-order chi connectivity index (χ1) is 8.24. The van der Waals surface area contributed by atoms with Crippen molar-refractivity contribution in [3.63, 3.8) is 0 Å². The molecule has 0 spiro atoms. The lowest BCUT2D eigenvalue weighted by Crippen LogP contribution is -2.46. The van der Waals surface area contributed by atoms with E-state index < -0.39 is 0 Å². The summed E-state index contributed by atoms with van der Waals surface area (Å²) in [5.74, 6) is 1.10. The first-order valence-corrected chi connectivity index (χ1v) is 7.27. The minimum absolute atomic E-state index is 0. The van der Waals surface area contributed by atoms with Crippen LogP contribution in [0, 0.1) is 5.92 Å². The average molecular weight is 275 g/mol. The summed E-state index contributed by atoms with van der Waals surface area (Å²) in [6.45, 7) is 3.23. The second-order valence-electron chi connectivity index (χ2n) is 5.83. The first kappa shape index (κ1) is 15.8. The third-order valence-corrected chi connectivity index (χ3v) is 4.24. The second kappa shape index (κ2) is 8.00. The summed E-state index contributed by atoms with van der Waals surface area (Å²) in [6, 6.07) is 0.950. The summed E-state index contributed by atoms with van der Waals surface area (Å²) < 4.78 is 0. The number of carbonyl (C=O) groups excluding carboxylic acids is 1.